The molecule has 0 saturated carbocycles. The molecule has 1 heterocycles. The molecule has 0 aliphatic rings. The average Bonchev–Trinajstić information content (AvgIpc) is 2.73. The molecule has 0 aliphatic heterocycles. The molecule has 142 valence electrons. The first-order chi connectivity index (χ1) is 13.6. The maximum atomic E-state index is 11.5. The van der Waals surface area contributed by atoms with E-state index in [1.165, 1.54) is 26.8 Å². The number of hydrogen-bond acceptors (Lipinski definition) is 8. The fourth-order valence-corrected chi connectivity index (χ4v) is 2.54. The number of aromatic nitrogens is 2. The second-order valence-electron chi connectivity index (χ2n) is 5.71. The minimum absolute atomic E-state index is 0.292. The highest BCUT2D eigenvalue weighted by molar-refractivity contribution is 5.92. The van der Waals surface area contributed by atoms with Gasteiger partial charge in [0.25, 0.3) is 0 Å². The summed E-state index contributed by atoms with van der Waals surface area (Å²) in [7, 11) is 2.81. The fourth-order valence-electron chi connectivity index (χ4n) is 2.54. The van der Waals surface area contributed by atoms with Crippen LogP contribution in [0.2, 0.25) is 0 Å². The molecular formula is C20H19N5O3. The van der Waals surface area contributed by atoms with Crippen molar-refractivity contribution >= 4 is 29.5 Å². The summed E-state index contributed by atoms with van der Waals surface area (Å²) in [5, 5.41) is 6.92. The van der Waals surface area contributed by atoms with Gasteiger partial charge in [0.05, 0.1) is 24.5 Å². The Balaban J connectivity index is 1.79. The van der Waals surface area contributed by atoms with Crippen molar-refractivity contribution in [3.8, 4) is 11.1 Å². The first kappa shape index (κ1) is 18.8. The van der Waals surface area contributed by atoms with Crippen LogP contribution in [-0.4, -0.2) is 36.4 Å². The number of carbonyl (C=O) groups excluding carboxylic acids is 1. The van der Waals surface area contributed by atoms with Crippen LogP contribution in [0.1, 0.15) is 15.9 Å². The SMILES string of the molecule is CON=Cc1c(N)ncnc1Nc1ccc(-c2ccc(C(=O)OC)cc2)cc1. The summed E-state index contributed by atoms with van der Waals surface area (Å²) >= 11 is 0. The van der Waals surface area contributed by atoms with E-state index in [1.54, 1.807) is 12.1 Å². The van der Waals surface area contributed by atoms with Gasteiger partial charge in [0, 0.05) is 5.69 Å². The van der Waals surface area contributed by atoms with Gasteiger partial charge < -0.3 is 20.6 Å². The van der Waals surface area contributed by atoms with Crippen LogP contribution in [0.5, 0.6) is 0 Å². The Labute approximate surface area is 162 Å². The quantitative estimate of drug-likeness (QED) is 0.385. The third kappa shape index (κ3) is 4.24. The Morgan fingerprint density at radius 1 is 1.04 bits per heavy atom. The largest absolute Gasteiger partial charge is 0.465 e. The van der Waals surface area contributed by atoms with Crippen molar-refractivity contribution in [2.24, 2.45) is 5.16 Å². The van der Waals surface area contributed by atoms with E-state index < -0.39 is 0 Å². The maximum Gasteiger partial charge on any atom is 0.337 e. The Kier molecular flexibility index (Phi) is 5.81. The van der Waals surface area contributed by atoms with E-state index in [4.69, 9.17) is 15.3 Å². The predicted octanol–water partition coefficient (Wildman–Crippen LogP) is 3.24. The Morgan fingerprint density at radius 2 is 1.68 bits per heavy atom. The predicted molar refractivity (Wildman–Crippen MR) is 108 cm³/mol. The number of rotatable bonds is 6. The number of anilines is 3. The molecule has 0 saturated heterocycles. The number of oxime groups is 1. The minimum atomic E-state index is -0.358. The van der Waals surface area contributed by atoms with E-state index in [2.05, 4.69) is 20.4 Å². The highest BCUT2D eigenvalue weighted by Gasteiger charge is 2.09. The molecule has 0 amide bonds. The Bertz CT molecular complexity index is 986. The monoisotopic (exact) mass is 377 g/mol. The van der Waals surface area contributed by atoms with Crippen molar-refractivity contribution in [1.82, 2.24) is 9.97 Å². The van der Waals surface area contributed by atoms with Gasteiger partial charge in [-0.25, -0.2) is 14.8 Å². The number of hydrogen-bond donors (Lipinski definition) is 2. The molecule has 0 bridgehead atoms. The second-order valence-corrected chi connectivity index (χ2v) is 5.71. The molecule has 0 aliphatic carbocycles. The van der Waals surface area contributed by atoms with E-state index >= 15 is 0 Å². The van der Waals surface area contributed by atoms with Crippen molar-refractivity contribution in [2.45, 2.75) is 0 Å². The summed E-state index contributed by atoms with van der Waals surface area (Å²) in [5.41, 5.74) is 9.74. The summed E-state index contributed by atoms with van der Waals surface area (Å²) in [5.74, 6) is 0.451. The zero-order valence-electron chi connectivity index (χ0n) is 15.4. The zero-order valence-corrected chi connectivity index (χ0v) is 15.4. The summed E-state index contributed by atoms with van der Waals surface area (Å²) in [6.07, 6.45) is 2.83. The second kappa shape index (κ2) is 8.63. The van der Waals surface area contributed by atoms with Crippen molar-refractivity contribution in [1.29, 1.82) is 0 Å². The van der Waals surface area contributed by atoms with Gasteiger partial charge >= 0.3 is 5.97 Å². The van der Waals surface area contributed by atoms with Crippen LogP contribution < -0.4 is 11.1 Å². The first-order valence-electron chi connectivity index (χ1n) is 8.35. The van der Waals surface area contributed by atoms with Crippen molar-refractivity contribution in [3.05, 3.63) is 66.0 Å². The standard InChI is InChI=1S/C20H19N5O3/c1-27-20(26)15-5-3-13(4-6-15)14-7-9-16(10-8-14)25-19-17(11-24-28-2)18(21)22-12-23-19/h3-12H,1-2H3,(H3,21,22,23,25). The van der Waals surface area contributed by atoms with Crippen LogP contribution in [0.4, 0.5) is 17.3 Å². The lowest BCUT2D eigenvalue weighted by molar-refractivity contribution is 0.0601. The van der Waals surface area contributed by atoms with Gasteiger partial charge in [0.15, 0.2) is 0 Å². The molecule has 3 rings (SSSR count). The van der Waals surface area contributed by atoms with E-state index in [0.29, 0.717) is 22.8 Å². The molecule has 0 atom stereocenters. The summed E-state index contributed by atoms with van der Waals surface area (Å²) in [6, 6.07) is 15.0. The van der Waals surface area contributed by atoms with Gasteiger partial charge in [-0.1, -0.05) is 29.4 Å². The molecule has 0 fully saturated rings. The van der Waals surface area contributed by atoms with Crippen LogP contribution in [0, 0.1) is 0 Å². The highest BCUT2D eigenvalue weighted by atomic mass is 16.6. The molecule has 0 spiro atoms. The van der Waals surface area contributed by atoms with Gasteiger partial charge in [0.1, 0.15) is 25.1 Å². The van der Waals surface area contributed by atoms with Crippen molar-refractivity contribution in [2.75, 3.05) is 25.3 Å². The molecule has 3 N–H and O–H groups in total. The lowest BCUT2D eigenvalue weighted by Gasteiger charge is -2.10. The number of benzene rings is 2. The first-order valence-corrected chi connectivity index (χ1v) is 8.35. The number of carbonyl (C=O) groups is 1. The number of nitrogen functional groups attached to an aromatic ring is 1. The molecule has 8 nitrogen and oxygen atoms in total. The Hall–Kier alpha value is -3.94. The normalized spacial score (nSPS) is 10.6. The van der Waals surface area contributed by atoms with Crippen LogP contribution in [-0.2, 0) is 9.57 Å². The molecule has 0 radical (unpaired) electrons. The zero-order chi connectivity index (χ0) is 19.9. The minimum Gasteiger partial charge on any atom is -0.465 e. The van der Waals surface area contributed by atoms with Crippen molar-refractivity contribution < 1.29 is 14.4 Å². The topological polar surface area (TPSA) is 112 Å². The lowest BCUT2D eigenvalue weighted by atomic mass is 10.0. The van der Waals surface area contributed by atoms with Gasteiger partial charge in [-0.05, 0) is 35.4 Å². The van der Waals surface area contributed by atoms with Gasteiger partial charge in [-0.3, -0.25) is 0 Å². The smallest absolute Gasteiger partial charge is 0.337 e. The Morgan fingerprint density at radius 3 is 2.29 bits per heavy atom. The molecule has 1 aromatic heterocycles. The number of nitrogens with one attached hydrogen (secondary N) is 1. The fraction of sp³-hybridized carbons (Fsp3) is 0.100. The molecule has 8 heteroatoms. The summed E-state index contributed by atoms with van der Waals surface area (Å²) in [4.78, 5) is 24.4. The van der Waals surface area contributed by atoms with Crippen LogP contribution in [0.3, 0.4) is 0 Å². The van der Waals surface area contributed by atoms with Gasteiger partial charge in [-0.15, -0.1) is 0 Å². The third-order valence-corrected chi connectivity index (χ3v) is 3.99. The highest BCUT2D eigenvalue weighted by Crippen LogP contribution is 2.25. The number of nitrogens with zero attached hydrogens (tertiary/aromatic N) is 3. The maximum absolute atomic E-state index is 11.5. The summed E-state index contributed by atoms with van der Waals surface area (Å²) in [6.45, 7) is 0. The molecular weight excluding hydrogens is 358 g/mol. The molecule has 2 aromatic carbocycles. The van der Waals surface area contributed by atoms with Gasteiger partial charge in [0.2, 0.25) is 0 Å². The number of nitrogens with two attached hydrogens (primary N) is 1. The van der Waals surface area contributed by atoms with Crippen LogP contribution in [0.15, 0.2) is 60.0 Å². The van der Waals surface area contributed by atoms with Crippen molar-refractivity contribution in [3.63, 3.8) is 0 Å². The number of ether oxygens (including phenoxy) is 1. The van der Waals surface area contributed by atoms with Crippen LogP contribution in [0.25, 0.3) is 11.1 Å². The summed E-state index contributed by atoms with van der Waals surface area (Å²) < 4.78 is 4.71. The molecule has 3 aromatic rings. The van der Waals surface area contributed by atoms with E-state index in [-0.39, 0.29) is 5.97 Å². The average molecular weight is 377 g/mol. The van der Waals surface area contributed by atoms with Crippen LogP contribution >= 0.6 is 0 Å². The van der Waals surface area contributed by atoms with E-state index in [9.17, 15) is 4.79 Å². The number of esters is 1. The molecule has 0 unspecified atom stereocenters. The van der Waals surface area contributed by atoms with Gasteiger partial charge in [-0.2, -0.15) is 0 Å². The third-order valence-electron chi connectivity index (χ3n) is 3.99. The molecule has 28 heavy (non-hydrogen) atoms. The lowest BCUT2D eigenvalue weighted by Crippen LogP contribution is -2.05. The van der Waals surface area contributed by atoms with E-state index in [1.807, 2.05) is 36.4 Å². The van der Waals surface area contributed by atoms with E-state index in [0.717, 1.165) is 16.8 Å². The number of methoxy groups -OCH3 is 1.